The molecule has 1 unspecified atom stereocenters. The Hall–Kier alpha value is -1.59. The molecule has 0 saturated carbocycles. The Morgan fingerprint density at radius 2 is 2.44 bits per heavy atom. The SMILES string of the molecule is CN1CCOC(CNc2cccc(C(=O)O)c2)C1. The smallest absolute Gasteiger partial charge is 0.335 e. The summed E-state index contributed by atoms with van der Waals surface area (Å²) in [5.74, 6) is -0.910. The maximum Gasteiger partial charge on any atom is 0.335 e. The van der Waals surface area contributed by atoms with E-state index in [2.05, 4.69) is 17.3 Å². The number of likely N-dealkylation sites (N-methyl/N-ethyl adjacent to an activating group) is 1. The van der Waals surface area contributed by atoms with Gasteiger partial charge in [-0.05, 0) is 25.2 Å². The molecule has 1 atom stereocenters. The van der Waals surface area contributed by atoms with Crippen molar-refractivity contribution in [3.8, 4) is 0 Å². The van der Waals surface area contributed by atoms with Gasteiger partial charge in [0.2, 0.25) is 0 Å². The van der Waals surface area contributed by atoms with Crippen LogP contribution in [0.5, 0.6) is 0 Å². The number of anilines is 1. The lowest BCUT2D eigenvalue weighted by Crippen LogP contribution is -2.43. The highest BCUT2D eigenvalue weighted by Gasteiger charge is 2.17. The molecule has 18 heavy (non-hydrogen) atoms. The van der Waals surface area contributed by atoms with E-state index in [1.54, 1.807) is 18.2 Å². The molecule has 1 aromatic rings. The first kappa shape index (κ1) is 12.9. The number of rotatable bonds is 4. The molecular weight excluding hydrogens is 232 g/mol. The van der Waals surface area contributed by atoms with E-state index < -0.39 is 5.97 Å². The van der Waals surface area contributed by atoms with Crippen LogP contribution < -0.4 is 5.32 Å². The van der Waals surface area contributed by atoms with Gasteiger partial charge in [-0.1, -0.05) is 6.07 Å². The van der Waals surface area contributed by atoms with Crippen molar-refractivity contribution in [1.82, 2.24) is 4.90 Å². The fraction of sp³-hybridized carbons (Fsp3) is 0.462. The van der Waals surface area contributed by atoms with Crippen molar-refractivity contribution in [2.75, 3.05) is 38.6 Å². The molecule has 5 nitrogen and oxygen atoms in total. The summed E-state index contributed by atoms with van der Waals surface area (Å²) in [6.45, 7) is 3.29. The fourth-order valence-corrected chi connectivity index (χ4v) is 1.98. The van der Waals surface area contributed by atoms with E-state index >= 15 is 0 Å². The van der Waals surface area contributed by atoms with E-state index in [-0.39, 0.29) is 6.10 Å². The maximum atomic E-state index is 10.8. The molecule has 1 aromatic carbocycles. The van der Waals surface area contributed by atoms with Crippen molar-refractivity contribution in [3.63, 3.8) is 0 Å². The van der Waals surface area contributed by atoms with Crippen LogP contribution in [0.3, 0.4) is 0 Å². The Bertz CT molecular complexity index is 422. The molecule has 0 amide bonds. The van der Waals surface area contributed by atoms with Gasteiger partial charge in [-0.25, -0.2) is 4.79 Å². The van der Waals surface area contributed by atoms with Crippen LogP contribution in [-0.4, -0.2) is 55.4 Å². The predicted molar refractivity (Wildman–Crippen MR) is 69.1 cm³/mol. The number of carboxylic acid groups (broad SMARTS) is 1. The normalized spacial score (nSPS) is 20.6. The molecule has 1 heterocycles. The average molecular weight is 250 g/mol. The molecule has 2 rings (SSSR count). The van der Waals surface area contributed by atoms with Crippen molar-refractivity contribution < 1.29 is 14.6 Å². The first-order valence-electron chi connectivity index (χ1n) is 6.02. The highest BCUT2D eigenvalue weighted by Crippen LogP contribution is 2.12. The molecule has 0 bridgehead atoms. The van der Waals surface area contributed by atoms with Crippen LogP contribution in [0.4, 0.5) is 5.69 Å². The molecule has 2 N–H and O–H groups in total. The predicted octanol–water partition coefficient (Wildman–Crippen LogP) is 1.13. The third-order valence-electron chi connectivity index (χ3n) is 2.99. The van der Waals surface area contributed by atoms with Gasteiger partial charge < -0.3 is 20.1 Å². The van der Waals surface area contributed by atoms with Gasteiger partial charge in [0.15, 0.2) is 0 Å². The van der Waals surface area contributed by atoms with E-state index in [9.17, 15) is 4.79 Å². The van der Waals surface area contributed by atoms with E-state index in [0.29, 0.717) is 12.1 Å². The lowest BCUT2D eigenvalue weighted by molar-refractivity contribution is -0.0117. The molecule has 0 radical (unpaired) electrons. The molecule has 1 aliphatic rings. The zero-order valence-electron chi connectivity index (χ0n) is 10.4. The second-order valence-electron chi connectivity index (χ2n) is 4.52. The number of carboxylic acids is 1. The van der Waals surface area contributed by atoms with Crippen LogP contribution in [0, 0.1) is 0 Å². The summed E-state index contributed by atoms with van der Waals surface area (Å²) in [5, 5.41) is 12.1. The molecule has 98 valence electrons. The highest BCUT2D eigenvalue weighted by atomic mass is 16.5. The maximum absolute atomic E-state index is 10.8. The highest BCUT2D eigenvalue weighted by molar-refractivity contribution is 5.88. The van der Waals surface area contributed by atoms with E-state index in [0.717, 1.165) is 25.4 Å². The number of carbonyl (C=O) groups is 1. The summed E-state index contributed by atoms with van der Waals surface area (Å²) in [7, 11) is 2.07. The number of ether oxygens (including phenoxy) is 1. The summed E-state index contributed by atoms with van der Waals surface area (Å²) in [5.41, 5.74) is 1.11. The van der Waals surface area contributed by atoms with Gasteiger partial charge in [-0.15, -0.1) is 0 Å². The van der Waals surface area contributed by atoms with E-state index in [4.69, 9.17) is 9.84 Å². The molecule has 1 saturated heterocycles. The number of hydrogen-bond acceptors (Lipinski definition) is 4. The number of nitrogens with zero attached hydrogens (tertiary/aromatic N) is 1. The quantitative estimate of drug-likeness (QED) is 0.838. The van der Waals surface area contributed by atoms with Crippen molar-refractivity contribution in [2.45, 2.75) is 6.10 Å². The minimum absolute atomic E-state index is 0.150. The Morgan fingerprint density at radius 3 is 3.17 bits per heavy atom. The summed E-state index contributed by atoms with van der Waals surface area (Å²) < 4.78 is 5.63. The summed E-state index contributed by atoms with van der Waals surface area (Å²) in [4.78, 5) is 13.1. The van der Waals surface area contributed by atoms with Crippen LogP contribution in [0.25, 0.3) is 0 Å². The molecule has 0 aliphatic carbocycles. The first-order valence-corrected chi connectivity index (χ1v) is 6.02. The first-order chi connectivity index (χ1) is 8.65. The fourth-order valence-electron chi connectivity index (χ4n) is 1.98. The van der Waals surface area contributed by atoms with Gasteiger partial charge in [0, 0.05) is 25.3 Å². The van der Waals surface area contributed by atoms with Crippen LogP contribution in [0.15, 0.2) is 24.3 Å². The van der Waals surface area contributed by atoms with Crippen LogP contribution in [-0.2, 0) is 4.74 Å². The summed E-state index contributed by atoms with van der Waals surface area (Å²) in [6.07, 6.45) is 0.150. The van der Waals surface area contributed by atoms with Crippen molar-refractivity contribution >= 4 is 11.7 Å². The third kappa shape index (κ3) is 3.45. The lowest BCUT2D eigenvalue weighted by Gasteiger charge is -2.30. The molecular formula is C13H18N2O3. The third-order valence-corrected chi connectivity index (χ3v) is 2.99. The van der Waals surface area contributed by atoms with Gasteiger partial charge >= 0.3 is 5.97 Å². The molecule has 1 aliphatic heterocycles. The average Bonchev–Trinajstić information content (AvgIpc) is 2.37. The van der Waals surface area contributed by atoms with Crippen LogP contribution in [0.1, 0.15) is 10.4 Å². The van der Waals surface area contributed by atoms with Gasteiger partial charge in [-0.2, -0.15) is 0 Å². The molecule has 0 aromatic heterocycles. The Kier molecular flexibility index (Phi) is 4.17. The number of morpholine rings is 1. The standard InChI is InChI=1S/C13H18N2O3/c1-15-5-6-18-12(9-15)8-14-11-4-2-3-10(7-11)13(16)17/h2-4,7,12,14H,5-6,8-9H2,1H3,(H,16,17). The lowest BCUT2D eigenvalue weighted by atomic mass is 10.2. The van der Waals surface area contributed by atoms with Crippen molar-refractivity contribution in [2.24, 2.45) is 0 Å². The van der Waals surface area contributed by atoms with Crippen LogP contribution in [0.2, 0.25) is 0 Å². The second-order valence-corrected chi connectivity index (χ2v) is 4.52. The second kappa shape index (κ2) is 5.84. The zero-order chi connectivity index (χ0) is 13.0. The minimum Gasteiger partial charge on any atom is -0.478 e. The molecule has 0 spiro atoms. The number of aromatic carboxylic acids is 1. The summed E-state index contributed by atoms with van der Waals surface area (Å²) in [6, 6.07) is 6.81. The summed E-state index contributed by atoms with van der Waals surface area (Å²) >= 11 is 0. The van der Waals surface area contributed by atoms with Gasteiger partial charge in [0.25, 0.3) is 0 Å². The Balaban J connectivity index is 1.89. The van der Waals surface area contributed by atoms with Gasteiger partial charge in [0.1, 0.15) is 0 Å². The van der Waals surface area contributed by atoms with E-state index in [1.165, 1.54) is 0 Å². The number of hydrogen-bond donors (Lipinski definition) is 2. The van der Waals surface area contributed by atoms with Gasteiger partial charge in [-0.3, -0.25) is 0 Å². The Morgan fingerprint density at radius 1 is 1.61 bits per heavy atom. The Labute approximate surface area is 106 Å². The number of nitrogens with one attached hydrogen (secondary N) is 1. The molecule has 1 fully saturated rings. The van der Waals surface area contributed by atoms with E-state index in [1.807, 2.05) is 6.07 Å². The van der Waals surface area contributed by atoms with Crippen molar-refractivity contribution in [3.05, 3.63) is 29.8 Å². The minimum atomic E-state index is -0.910. The number of benzene rings is 1. The molecule has 5 heteroatoms. The van der Waals surface area contributed by atoms with Gasteiger partial charge in [0.05, 0.1) is 18.3 Å². The van der Waals surface area contributed by atoms with Crippen LogP contribution >= 0.6 is 0 Å². The topological polar surface area (TPSA) is 61.8 Å². The largest absolute Gasteiger partial charge is 0.478 e. The zero-order valence-corrected chi connectivity index (χ0v) is 10.4. The van der Waals surface area contributed by atoms with Crippen molar-refractivity contribution in [1.29, 1.82) is 0 Å². The monoisotopic (exact) mass is 250 g/mol.